The Bertz CT molecular complexity index is 1080. The molecule has 3 N–H and O–H groups in total. The minimum absolute atomic E-state index is 0.0512. The minimum atomic E-state index is -0.578. The zero-order valence-electron chi connectivity index (χ0n) is 17.7. The van der Waals surface area contributed by atoms with Crippen molar-refractivity contribution in [2.45, 2.75) is 31.9 Å². The molecule has 3 atom stereocenters. The van der Waals surface area contributed by atoms with Gasteiger partial charge < -0.3 is 25.2 Å². The summed E-state index contributed by atoms with van der Waals surface area (Å²) in [5.74, 6) is 1.83. The van der Waals surface area contributed by atoms with E-state index in [1.165, 1.54) is 11.3 Å². The highest BCUT2D eigenvalue weighted by Gasteiger charge is 2.34. The van der Waals surface area contributed by atoms with Gasteiger partial charge in [-0.1, -0.05) is 11.6 Å². The fourth-order valence-electron chi connectivity index (χ4n) is 3.78. The summed E-state index contributed by atoms with van der Waals surface area (Å²) in [7, 11) is 3.68. The van der Waals surface area contributed by atoms with Crippen molar-refractivity contribution in [1.29, 1.82) is 0 Å². The van der Waals surface area contributed by atoms with Gasteiger partial charge in [-0.2, -0.15) is 4.98 Å². The molecule has 0 saturated heterocycles. The molecule has 0 amide bonds. The van der Waals surface area contributed by atoms with Crippen molar-refractivity contribution in [3.05, 3.63) is 23.4 Å². The van der Waals surface area contributed by atoms with Gasteiger partial charge in [-0.05, 0) is 43.9 Å². The van der Waals surface area contributed by atoms with Gasteiger partial charge >= 0.3 is 0 Å². The Labute approximate surface area is 189 Å². The number of ether oxygens (including phenoxy) is 1. The second-order valence-electron chi connectivity index (χ2n) is 7.85. The molecule has 3 aromatic rings. The number of nitrogens with zero attached hydrogens (tertiary/aromatic N) is 4. The molecule has 10 heteroatoms. The van der Waals surface area contributed by atoms with Crippen LogP contribution in [0.5, 0.6) is 5.75 Å². The predicted molar refractivity (Wildman–Crippen MR) is 124 cm³/mol. The number of aromatic nitrogens is 3. The lowest BCUT2D eigenvalue weighted by Crippen LogP contribution is -2.29. The van der Waals surface area contributed by atoms with E-state index < -0.39 is 6.10 Å². The number of aliphatic hydroxyl groups is 2. The zero-order chi connectivity index (χ0) is 22.1. The molecule has 8 nitrogen and oxygen atoms in total. The van der Waals surface area contributed by atoms with Crippen molar-refractivity contribution in [3.8, 4) is 16.3 Å². The molecule has 1 fully saturated rings. The van der Waals surface area contributed by atoms with E-state index in [4.69, 9.17) is 21.3 Å². The van der Waals surface area contributed by atoms with Crippen molar-refractivity contribution >= 4 is 44.9 Å². The average molecular weight is 464 g/mol. The highest BCUT2D eigenvalue weighted by atomic mass is 35.5. The quantitative estimate of drug-likeness (QED) is 0.458. The van der Waals surface area contributed by atoms with Crippen LogP contribution in [0.4, 0.5) is 11.8 Å². The molecule has 1 aliphatic carbocycles. The lowest BCUT2D eigenvalue weighted by molar-refractivity contribution is 0.157. The molecule has 1 aliphatic rings. The zero-order valence-corrected chi connectivity index (χ0v) is 19.2. The fourth-order valence-corrected chi connectivity index (χ4v) is 5.13. The SMILES string of the molecule is CCOc1ccc2nc(-c3c(Cl)nc(N(C)C)nc3NC3C[C@H](CO)C[C@H]3O)sc2c1. The van der Waals surface area contributed by atoms with Gasteiger partial charge in [0.05, 0.1) is 34.5 Å². The Balaban J connectivity index is 1.77. The van der Waals surface area contributed by atoms with Gasteiger partial charge in [0, 0.05) is 20.7 Å². The van der Waals surface area contributed by atoms with Gasteiger partial charge in [0.25, 0.3) is 0 Å². The second kappa shape index (κ2) is 9.12. The number of hydrogen-bond donors (Lipinski definition) is 3. The highest BCUT2D eigenvalue weighted by Crippen LogP contribution is 2.40. The summed E-state index contributed by atoms with van der Waals surface area (Å²) in [4.78, 5) is 15.6. The maximum atomic E-state index is 10.5. The number of halogens is 1. The summed E-state index contributed by atoms with van der Waals surface area (Å²) < 4.78 is 6.57. The number of thiazole rings is 1. The van der Waals surface area contributed by atoms with E-state index in [-0.39, 0.29) is 23.7 Å². The predicted octanol–water partition coefficient (Wildman–Crippen LogP) is 3.42. The first kappa shape index (κ1) is 22.0. The molecular formula is C21H26ClN5O3S. The van der Waals surface area contributed by atoms with Gasteiger partial charge in [0.2, 0.25) is 5.95 Å². The average Bonchev–Trinajstić information content (AvgIpc) is 3.30. The maximum Gasteiger partial charge on any atom is 0.228 e. The summed E-state index contributed by atoms with van der Waals surface area (Å²) in [5, 5.41) is 24.3. The van der Waals surface area contributed by atoms with Crippen LogP contribution in [0.2, 0.25) is 5.15 Å². The van der Waals surface area contributed by atoms with Gasteiger partial charge in [0.15, 0.2) is 0 Å². The Hall–Kier alpha value is -2.20. The maximum absolute atomic E-state index is 10.5. The normalized spacial score (nSPS) is 20.9. The van der Waals surface area contributed by atoms with Crippen LogP contribution < -0.4 is 15.0 Å². The molecule has 2 heterocycles. The number of aliphatic hydroxyl groups excluding tert-OH is 2. The molecule has 166 valence electrons. The molecule has 1 saturated carbocycles. The smallest absolute Gasteiger partial charge is 0.228 e. The molecule has 0 aliphatic heterocycles. The molecular weight excluding hydrogens is 438 g/mol. The number of fused-ring (bicyclic) bond motifs is 1. The van der Waals surface area contributed by atoms with Crippen LogP contribution in [0.3, 0.4) is 0 Å². The van der Waals surface area contributed by atoms with Gasteiger partial charge in [-0.3, -0.25) is 0 Å². The van der Waals surface area contributed by atoms with Crippen molar-refractivity contribution in [2.24, 2.45) is 5.92 Å². The van der Waals surface area contributed by atoms with Crippen LogP contribution in [-0.4, -0.2) is 64.6 Å². The van der Waals surface area contributed by atoms with Crippen LogP contribution in [-0.2, 0) is 0 Å². The summed E-state index contributed by atoms with van der Waals surface area (Å²) >= 11 is 8.11. The first-order chi connectivity index (χ1) is 14.9. The standard InChI is InChI=1S/C21H26ClN5O3S/c1-4-30-12-5-6-13-16(9-12)31-20(24-13)17-18(22)25-21(27(2)3)26-19(17)23-14-7-11(10-28)8-15(14)29/h5-6,9,11,14-15,28-29H,4,7-8,10H2,1-3H3,(H,23,25,26)/t11-,14?,15+/m0/s1. The van der Waals surface area contributed by atoms with Crippen molar-refractivity contribution in [1.82, 2.24) is 15.0 Å². The minimum Gasteiger partial charge on any atom is -0.494 e. The molecule has 0 bridgehead atoms. The number of anilines is 2. The third-order valence-electron chi connectivity index (χ3n) is 5.34. The van der Waals surface area contributed by atoms with Crippen LogP contribution in [0, 0.1) is 5.92 Å². The Morgan fingerprint density at radius 2 is 2.06 bits per heavy atom. The monoisotopic (exact) mass is 463 g/mol. The summed E-state index contributed by atoms with van der Waals surface area (Å²) in [6.07, 6.45) is 0.614. The van der Waals surface area contributed by atoms with Gasteiger partial charge in [0.1, 0.15) is 21.7 Å². The number of benzene rings is 1. The number of rotatable bonds is 7. The summed E-state index contributed by atoms with van der Waals surface area (Å²) in [6.45, 7) is 2.59. The van der Waals surface area contributed by atoms with Crippen LogP contribution >= 0.6 is 22.9 Å². The molecule has 4 rings (SSSR count). The van der Waals surface area contributed by atoms with Crippen LogP contribution in [0.15, 0.2) is 18.2 Å². The molecule has 2 aromatic heterocycles. The van der Waals surface area contributed by atoms with Crippen molar-refractivity contribution in [2.75, 3.05) is 37.5 Å². The Morgan fingerprint density at radius 1 is 1.26 bits per heavy atom. The van der Waals surface area contributed by atoms with Gasteiger partial charge in [-0.25, -0.2) is 9.97 Å². The van der Waals surface area contributed by atoms with E-state index in [0.717, 1.165) is 16.0 Å². The van der Waals surface area contributed by atoms with Crippen LogP contribution in [0.1, 0.15) is 19.8 Å². The van der Waals surface area contributed by atoms with Gasteiger partial charge in [-0.15, -0.1) is 11.3 Å². The van der Waals surface area contributed by atoms with E-state index >= 15 is 0 Å². The first-order valence-corrected chi connectivity index (χ1v) is 11.4. The number of nitrogens with one attached hydrogen (secondary N) is 1. The Morgan fingerprint density at radius 3 is 2.74 bits per heavy atom. The third-order valence-corrected chi connectivity index (χ3v) is 6.65. The lowest BCUT2D eigenvalue weighted by Gasteiger charge is -2.21. The van der Waals surface area contributed by atoms with Crippen molar-refractivity contribution < 1.29 is 14.9 Å². The van der Waals surface area contributed by atoms with Crippen LogP contribution in [0.25, 0.3) is 20.8 Å². The third kappa shape index (κ3) is 4.55. The molecule has 0 radical (unpaired) electrons. The molecule has 1 aromatic carbocycles. The van der Waals surface area contributed by atoms with E-state index in [0.29, 0.717) is 41.8 Å². The lowest BCUT2D eigenvalue weighted by atomic mass is 10.1. The first-order valence-electron chi connectivity index (χ1n) is 10.2. The topological polar surface area (TPSA) is 104 Å². The van der Waals surface area contributed by atoms with E-state index in [1.54, 1.807) is 4.90 Å². The largest absolute Gasteiger partial charge is 0.494 e. The molecule has 31 heavy (non-hydrogen) atoms. The van der Waals surface area contributed by atoms with E-state index in [2.05, 4.69) is 15.3 Å². The number of hydrogen-bond acceptors (Lipinski definition) is 9. The summed E-state index contributed by atoms with van der Waals surface area (Å²) in [6, 6.07) is 5.54. The Kier molecular flexibility index (Phi) is 6.47. The second-order valence-corrected chi connectivity index (χ2v) is 9.24. The van der Waals surface area contributed by atoms with E-state index in [9.17, 15) is 10.2 Å². The molecule has 0 spiro atoms. The summed E-state index contributed by atoms with van der Waals surface area (Å²) in [5.41, 5.74) is 1.44. The molecule has 1 unspecified atom stereocenters. The highest BCUT2D eigenvalue weighted by molar-refractivity contribution is 7.21. The van der Waals surface area contributed by atoms with E-state index in [1.807, 2.05) is 39.2 Å². The van der Waals surface area contributed by atoms with Crippen molar-refractivity contribution in [3.63, 3.8) is 0 Å². The fraction of sp³-hybridized carbons (Fsp3) is 0.476.